The summed E-state index contributed by atoms with van der Waals surface area (Å²) in [6.45, 7) is 0.989. The molecular formula is C18H22N4O4S. The summed E-state index contributed by atoms with van der Waals surface area (Å²) in [7, 11) is -0.305. The molecule has 0 unspecified atom stereocenters. The number of nitrogens with zero attached hydrogens (tertiary/aromatic N) is 4. The molecule has 1 fully saturated rings. The quantitative estimate of drug-likeness (QED) is 0.802. The van der Waals surface area contributed by atoms with E-state index in [4.69, 9.17) is 5.11 Å². The van der Waals surface area contributed by atoms with E-state index in [1.807, 2.05) is 0 Å². The minimum absolute atomic E-state index is 0.200. The van der Waals surface area contributed by atoms with Crippen LogP contribution in [0.5, 0.6) is 0 Å². The summed E-state index contributed by atoms with van der Waals surface area (Å²) >= 11 is 0. The van der Waals surface area contributed by atoms with Gasteiger partial charge in [-0.15, -0.1) is 0 Å². The van der Waals surface area contributed by atoms with Crippen molar-refractivity contribution in [2.24, 2.45) is 5.92 Å². The summed E-state index contributed by atoms with van der Waals surface area (Å²) in [5, 5.41) is 9.09. The lowest BCUT2D eigenvalue weighted by molar-refractivity contribution is 0.0697. The third kappa shape index (κ3) is 4.32. The second-order valence-corrected chi connectivity index (χ2v) is 8.93. The van der Waals surface area contributed by atoms with Gasteiger partial charge in [0.1, 0.15) is 0 Å². The summed E-state index contributed by atoms with van der Waals surface area (Å²) in [6, 6.07) is 6.55. The van der Waals surface area contributed by atoms with Crippen molar-refractivity contribution in [3.8, 4) is 11.3 Å². The van der Waals surface area contributed by atoms with E-state index in [1.54, 1.807) is 30.6 Å². The molecule has 1 atom stereocenters. The van der Waals surface area contributed by atoms with Crippen LogP contribution in [0.15, 0.2) is 36.7 Å². The molecule has 0 amide bonds. The molecule has 144 valence electrons. The molecule has 0 spiro atoms. The number of carbonyl (C=O) groups is 1. The number of hydrogen-bond acceptors (Lipinski definition) is 5. The highest BCUT2D eigenvalue weighted by atomic mass is 32.2. The monoisotopic (exact) mass is 390 g/mol. The largest absolute Gasteiger partial charge is 0.478 e. The standard InChI is InChI=1S/C18H22N4O4S/c1-21(2)27(25,26)22-7-6-13(12-22)8-16-10-20-17(11-19-16)14-4-3-5-15(9-14)18(23)24/h3-5,9-11,13H,6-8,12H2,1-2H3,(H,23,24)/t13-/m1/s1. The van der Waals surface area contributed by atoms with E-state index in [-0.39, 0.29) is 11.5 Å². The van der Waals surface area contributed by atoms with Crippen LogP contribution in [-0.2, 0) is 16.6 Å². The zero-order chi connectivity index (χ0) is 19.6. The number of aromatic nitrogens is 2. The molecule has 0 saturated carbocycles. The van der Waals surface area contributed by atoms with Gasteiger partial charge in [0.25, 0.3) is 10.2 Å². The van der Waals surface area contributed by atoms with Crippen molar-refractivity contribution in [2.75, 3.05) is 27.2 Å². The second-order valence-electron chi connectivity index (χ2n) is 6.79. The highest BCUT2D eigenvalue weighted by Crippen LogP contribution is 2.24. The fraction of sp³-hybridized carbons (Fsp3) is 0.389. The van der Waals surface area contributed by atoms with Gasteiger partial charge in [-0.1, -0.05) is 12.1 Å². The maximum atomic E-state index is 12.2. The van der Waals surface area contributed by atoms with Gasteiger partial charge in [-0.05, 0) is 30.9 Å². The van der Waals surface area contributed by atoms with E-state index < -0.39 is 16.2 Å². The molecule has 1 aliphatic heterocycles. The molecule has 1 aromatic heterocycles. The zero-order valence-corrected chi connectivity index (χ0v) is 16.1. The highest BCUT2D eigenvalue weighted by molar-refractivity contribution is 7.86. The number of rotatable bonds is 6. The lowest BCUT2D eigenvalue weighted by Gasteiger charge is -2.20. The van der Waals surface area contributed by atoms with Gasteiger partial charge in [0, 0.05) is 38.9 Å². The average Bonchev–Trinajstić information content (AvgIpc) is 3.11. The van der Waals surface area contributed by atoms with Crippen LogP contribution in [0, 0.1) is 5.92 Å². The van der Waals surface area contributed by atoms with Crippen LogP contribution in [0.4, 0.5) is 0 Å². The van der Waals surface area contributed by atoms with Gasteiger partial charge in [-0.25, -0.2) is 4.79 Å². The molecule has 0 radical (unpaired) electrons. The fourth-order valence-corrected chi connectivity index (χ4v) is 4.32. The van der Waals surface area contributed by atoms with Crippen LogP contribution >= 0.6 is 0 Å². The van der Waals surface area contributed by atoms with Crippen molar-refractivity contribution in [1.82, 2.24) is 18.6 Å². The molecule has 1 aliphatic rings. The maximum absolute atomic E-state index is 12.2. The molecule has 0 aliphatic carbocycles. The van der Waals surface area contributed by atoms with Gasteiger partial charge < -0.3 is 5.11 Å². The summed E-state index contributed by atoms with van der Waals surface area (Å²) in [5.41, 5.74) is 2.29. The molecular weight excluding hydrogens is 368 g/mol. The van der Waals surface area contributed by atoms with Crippen molar-refractivity contribution in [3.05, 3.63) is 47.9 Å². The van der Waals surface area contributed by atoms with Crippen molar-refractivity contribution in [2.45, 2.75) is 12.8 Å². The van der Waals surface area contributed by atoms with E-state index in [0.29, 0.717) is 30.8 Å². The van der Waals surface area contributed by atoms with Crippen molar-refractivity contribution >= 4 is 16.2 Å². The molecule has 1 saturated heterocycles. The van der Waals surface area contributed by atoms with Crippen molar-refractivity contribution in [1.29, 1.82) is 0 Å². The van der Waals surface area contributed by atoms with Crippen LogP contribution in [0.2, 0.25) is 0 Å². The van der Waals surface area contributed by atoms with Gasteiger partial charge in [0.2, 0.25) is 0 Å². The SMILES string of the molecule is CN(C)S(=O)(=O)N1CC[C@H](Cc2cnc(-c3cccc(C(=O)O)c3)cn2)C1. The minimum atomic E-state index is -3.37. The van der Waals surface area contributed by atoms with Crippen LogP contribution in [0.25, 0.3) is 11.3 Å². The Morgan fingerprint density at radius 3 is 2.70 bits per heavy atom. The van der Waals surface area contributed by atoms with E-state index in [1.165, 1.54) is 28.8 Å². The fourth-order valence-electron chi connectivity index (χ4n) is 3.12. The highest BCUT2D eigenvalue weighted by Gasteiger charge is 2.32. The normalized spacial score (nSPS) is 18.1. The minimum Gasteiger partial charge on any atom is -0.478 e. The van der Waals surface area contributed by atoms with E-state index in [0.717, 1.165) is 12.1 Å². The first-order valence-corrected chi connectivity index (χ1v) is 9.99. The smallest absolute Gasteiger partial charge is 0.335 e. The lowest BCUT2D eigenvalue weighted by atomic mass is 10.0. The molecule has 3 rings (SSSR count). The third-order valence-electron chi connectivity index (χ3n) is 4.64. The first kappa shape index (κ1) is 19.4. The second kappa shape index (κ2) is 7.71. The number of hydrogen-bond donors (Lipinski definition) is 1. The molecule has 1 aromatic carbocycles. The Morgan fingerprint density at radius 1 is 1.30 bits per heavy atom. The Kier molecular flexibility index (Phi) is 5.54. The van der Waals surface area contributed by atoms with Crippen LogP contribution in [0.1, 0.15) is 22.5 Å². The predicted octanol–water partition coefficient (Wildman–Crippen LogP) is 1.51. The summed E-state index contributed by atoms with van der Waals surface area (Å²) in [4.78, 5) is 19.9. The Labute approximate surface area is 158 Å². The van der Waals surface area contributed by atoms with Crippen LogP contribution < -0.4 is 0 Å². The molecule has 0 bridgehead atoms. The van der Waals surface area contributed by atoms with E-state index in [2.05, 4.69) is 9.97 Å². The molecule has 27 heavy (non-hydrogen) atoms. The molecule has 8 nitrogen and oxygen atoms in total. The average molecular weight is 390 g/mol. The van der Waals surface area contributed by atoms with Gasteiger partial charge in [0.15, 0.2) is 0 Å². The van der Waals surface area contributed by atoms with Crippen molar-refractivity contribution in [3.63, 3.8) is 0 Å². The van der Waals surface area contributed by atoms with Crippen LogP contribution in [-0.4, -0.2) is 65.3 Å². The Bertz CT molecular complexity index is 929. The summed E-state index contributed by atoms with van der Waals surface area (Å²) in [5.74, 6) is -0.782. The van der Waals surface area contributed by atoms with Gasteiger partial charge in [-0.2, -0.15) is 17.0 Å². The summed E-state index contributed by atoms with van der Waals surface area (Å²) in [6.07, 6.45) is 4.74. The summed E-state index contributed by atoms with van der Waals surface area (Å²) < 4.78 is 27.1. The van der Waals surface area contributed by atoms with Crippen molar-refractivity contribution < 1.29 is 18.3 Å². The lowest BCUT2D eigenvalue weighted by Crippen LogP contribution is -2.38. The number of aromatic carboxylic acids is 1. The van der Waals surface area contributed by atoms with Crippen LogP contribution in [0.3, 0.4) is 0 Å². The number of carboxylic acids is 1. The first-order chi connectivity index (χ1) is 12.8. The third-order valence-corrected chi connectivity index (χ3v) is 6.55. The molecule has 2 heterocycles. The van der Waals surface area contributed by atoms with Gasteiger partial charge >= 0.3 is 5.97 Å². The Balaban J connectivity index is 1.67. The molecule has 9 heteroatoms. The van der Waals surface area contributed by atoms with Gasteiger partial charge in [0.05, 0.1) is 23.1 Å². The Hall–Kier alpha value is -2.36. The predicted molar refractivity (Wildman–Crippen MR) is 100 cm³/mol. The molecule has 1 N–H and O–H groups in total. The van der Waals surface area contributed by atoms with E-state index >= 15 is 0 Å². The first-order valence-electron chi connectivity index (χ1n) is 8.59. The topological polar surface area (TPSA) is 104 Å². The zero-order valence-electron chi connectivity index (χ0n) is 15.2. The number of carboxylic acid groups (broad SMARTS) is 1. The van der Waals surface area contributed by atoms with E-state index in [9.17, 15) is 13.2 Å². The maximum Gasteiger partial charge on any atom is 0.335 e. The number of benzene rings is 1. The Morgan fingerprint density at radius 2 is 2.07 bits per heavy atom. The molecule has 2 aromatic rings. The van der Waals surface area contributed by atoms with Gasteiger partial charge in [-0.3, -0.25) is 9.97 Å².